The second-order valence-electron chi connectivity index (χ2n) is 6.19. The van der Waals surface area contributed by atoms with E-state index in [2.05, 4.69) is 4.72 Å². The molecule has 136 valence electrons. The Bertz CT molecular complexity index is 756. The number of rotatable bonds is 9. The molecule has 0 bridgehead atoms. The Kier molecular flexibility index (Phi) is 7.29. The minimum Gasteiger partial charge on any atom is -0.491 e. The lowest BCUT2D eigenvalue weighted by Gasteiger charge is -2.10. The lowest BCUT2D eigenvalue weighted by molar-refractivity contribution is 0.242. The van der Waals surface area contributed by atoms with E-state index in [1.807, 2.05) is 38.1 Å². The molecule has 0 amide bonds. The van der Waals surface area contributed by atoms with Gasteiger partial charge in [0.2, 0.25) is 10.0 Å². The van der Waals surface area contributed by atoms with Crippen molar-refractivity contribution >= 4 is 21.6 Å². The Morgan fingerprint density at radius 2 is 1.60 bits per heavy atom. The van der Waals surface area contributed by atoms with E-state index in [0.717, 1.165) is 29.7 Å². The lowest BCUT2D eigenvalue weighted by atomic mass is 10.1. The number of hydrogen-bond acceptors (Lipinski definition) is 3. The van der Waals surface area contributed by atoms with E-state index in [0.29, 0.717) is 11.6 Å². The van der Waals surface area contributed by atoms with Crippen LogP contribution in [0, 0.1) is 0 Å². The standard InChI is InChI=1S/C19H24ClNO3S/c1-15(2)24-19-11-7-16(8-12-19)4-3-13-21-25(22,23)14-17-5-9-18(20)10-6-17/h5-12,15,21H,3-4,13-14H2,1-2H3. The Hall–Kier alpha value is -1.56. The summed E-state index contributed by atoms with van der Waals surface area (Å²) in [5.74, 6) is 0.813. The van der Waals surface area contributed by atoms with Crippen molar-refractivity contribution in [1.29, 1.82) is 0 Å². The van der Waals surface area contributed by atoms with Crippen molar-refractivity contribution in [1.82, 2.24) is 4.72 Å². The molecule has 0 unspecified atom stereocenters. The Morgan fingerprint density at radius 1 is 1.00 bits per heavy atom. The molecule has 0 saturated carbocycles. The van der Waals surface area contributed by atoms with Crippen LogP contribution >= 0.6 is 11.6 Å². The Morgan fingerprint density at radius 3 is 2.20 bits per heavy atom. The van der Waals surface area contributed by atoms with Gasteiger partial charge in [0.05, 0.1) is 11.9 Å². The van der Waals surface area contributed by atoms with Crippen molar-refractivity contribution < 1.29 is 13.2 Å². The van der Waals surface area contributed by atoms with Crippen molar-refractivity contribution in [3.8, 4) is 5.75 Å². The van der Waals surface area contributed by atoms with Gasteiger partial charge in [-0.3, -0.25) is 0 Å². The third kappa shape index (κ3) is 7.46. The van der Waals surface area contributed by atoms with Crippen LogP contribution < -0.4 is 9.46 Å². The molecular weight excluding hydrogens is 358 g/mol. The molecule has 0 aliphatic rings. The van der Waals surface area contributed by atoms with Gasteiger partial charge in [-0.05, 0) is 62.1 Å². The van der Waals surface area contributed by atoms with Crippen LogP contribution in [-0.4, -0.2) is 21.1 Å². The average Bonchev–Trinajstić information content (AvgIpc) is 2.55. The third-order valence-electron chi connectivity index (χ3n) is 3.53. The first-order valence-electron chi connectivity index (χ1n) is 8.31. The first-order valence-corrected chi connectivity index (χ1v) is 10.3. The minimum absolute atomic E-state index is 0.0363. The molecule has 0 atom stereocenters. The highest BCUT2D eigenvalue weighted by Gasteiger charge is 2.10. The van der Waals surface area contributed by atoms with E-state index in [1.54, 1.807) is 24.3 Å². The first-order chi connectivity index (χ1) is 11.8. The van der Waals surface area contributed by atoms with Crippen LogP contribution in [0.3, 0.4) is 0 Å². The average molecular weight is 382 g/mol. The number of nitrogens with one attached hydrogen (secondary N) is 1. The van der Waals surface area contributed by atoms with Crippen molar-refractivity contribution in [2.75, 3.05) is 6.54 Å². The van der Waals surface area contributed by atoms with Crippen LogP contribution in [0.1, 0.15) is 31.4 Å². The summed E-state index contributed by atoms with van der Waals surface area (Å²) in [6, 6.07) is 14.8. The van der Waals surface area contributed by atoms with Crippen LogP contribution in [0.15, 0.2) is 48.5 Å². The number of hydrogen-bond donors (Lipinski definition) is 1. The second kappa shape index (κ2) is 9.22. The molecule has 0 spiro atoms. The van der Waals surface area contributed by atoms with E-state index in [-0.39, 0.29) is 11.9 Å². The summed E-state index contributed by atoms with van der Waals surface area (Å²) in [5.41, 5.74) is 1.88. The van der Waals surface area contributed by atoms with Gasteiger partial charge in [-0.25, -0.2) is 13.1 Å². The molecule has 0 aliphatic carbocycles. The quantitative estimate of drug-likeness (QED) is 0.663. The summed E-state index contributed by atoms with van der Waals surface area (Å²) >= 11 is 5.80. The lowest BCUT2D eigenvalue weighted by Crippen LogP contribution is -2.26. The highest BCUT2D eigenvalue weighted by atomic mass is 35.5. The summed E-state index contributed by atoms with van der Waals surface area (Å²) in [7, 11) is -3.34. The predicted molar refractivity (Wildman–Crippen MR) is 103 cm³/mol. The zero-order valence-electron chi connectivity index (χ0n) is 14.5. The van der Waals surface area contributed by atoms with Gasteiger partial charge in [0.1, 0.15) is 5.75 Å². The molecule has 0 aliphatic heterocycles. The molecule has 0 fully saturated rings. The molecule has 0 heterocycles. The molecule has 2 rings (SSSR count). The van der Waals surface area contributed by atoms with Crippen molar-refractivity contribution in [3.05, 3.63) is 64.7 Å². The fourth-order valence-electron chi connectivity index (χ4n) is 2.38. The zero-order valence-corrected chi connectivity index (χ0v) is 16.1. The highest BCUT2D eigenvalue weighted by Crippen LogP contribution is 2.15. The maximum Gasteiger partial charge on any atom is 0.215 e. The summed E-state index contributed by atoms with van der Waals surface area (Å²) in [4.78, 5) is 0. The molecule has 1 N–H and O–H groups in total. The smallest absolute Gasteiger partial charge is 0.215 e. The van der Waals surface area contributed by atoms with Gasteiger partial charge in [0.25, 0.3) is 0 Å². The first kappa shape index (κ1) is 19.8. The van der Waals surface area contributed by atoms with E-state index in [4.69, 9.17) is 16.3 Å². The van der Waals surface area contributed by atoms with Gasteiger partial charge in [-0.1, -0.05) is 35.9 Å². The molecule has 0 aromatic heterocycles. The Labute approximate surface area is 155 Å². The summed E-state index contributed by atoms with van der Waals surface area (Å²) in [5, 5.41) is 0.596. The van der Waals surface area contributed by atoms with Gasteiger partial charge in [-0.2, -0.15) is 0 Å². The van der Waals surface area contributed by atoms with Gasteiger partial charge in [0, 0.05) is 11.6 Å². The largest absolute Gasteiger partial charge is 0.491 e. The van der Waals surface area contributed by atoms with Gasteiger partial charge in [-0.15, -0.1) is 0 Å². The van der Waals surface area contributed by atoms with E-state index >= 15 is 0 Å². The zero-order chi connectivity index (χ0) is 18.3. The Balaban J connectivity index is 1.75. The summed E-state index contributed by atoms with van der Waals surface area (Å²) < 4.78 is 32.4. The molecule has 4 nitrogen and oxygen atoms in total. The number of sulfonamides is 1. The molecular formula is C19H24ClNO3S. The van der Waals surface area contributed by atoms with Gasteiger partial charge < -0.3 is 4.74 Å². The number of ether oxygens (including phenoxy) is 1. The summed E-state index contributed by atoms with van der Waals surface area (Å²) in [6.07, 6.45) is 1.70. The number of aryl methyl sites for hydroxylation is 1. The SMILES string of the molecule is CC(C)Oc1ccc(CCCNS(=O)(=O)Cc2ccc(Cl)cc2)cc1. The van der Waals surface area contributed by atoms with Crippen LogP contribution in [0.5, 0.6) is 5.75 Å². The molecule has 2 aromatic carbocycles. The van der Waals surface area contributed by atoms with Crippen LogP contribution in [-0.2, 0) is 22.2 Å². The van der Waals surface area contributed by atoms with Crippen molar-refractivity contribution in [3.63, 3.8) is 0 Å². The van der Waals surface area contributed by atoms with E-state index in [1.165, 1.54) is 0 Å². The monoisotopic (exact) mass is 381 g/mol. The van der Waals surface area contributed by atoms with Crippen LogP contribution in [0.25, 0.3) is 0 Å². The number of halogens is 1. The fourth-order valence-corrected chi connectivity index (χ4v) is 3.69. The predicted octanol–water partition coefficient (Wildman–Crippen LogP) is 4.18. The van der Waals surface area contributed by atoms with Crippen molar-refractivity contribution in [2.24, 2.45) is 0 Å². The maximum absolute atomic E-state index is 12.1. The van der Waals surface area contributed by atoms with Gasteiger partial charge in [0.15, 0.2) is 0 Å². The molecule has 0 radical (unpaired) electrons. The van der Waals surface area contributed by atoms with Crippen LogP contribution in [0.4, 0.5) is 0 Å². The van der Waals surface area contributed by atoms with Crippen LogP contribution in [0.2, 0.25) is 5.02 Å². The topological polar surface area (TPSA) is 55.4 Å². The maximum atomic E-state index is 12.1. The highest BCUT2D eigenvalue weighted by molar-refractivity contribution is 7.88. The van der Waals surface area contributed by atoms with E-state index < -0.39 is 10.0 Å². The molecule has 0 saturated heterocycles. The molecule has 25 heavy (non-hydrogen) atoms. The van der Waals surface area contributed by atoms with Crippen molar-refractivity contribution in [2.45, 2.75) is 38.5 Å². The summed E-state index contributed by atoms with van der Waals surface area (Å²) in [6.45, 7) is 4.40. The second-order valence-corrected chi connectivity index (χ2v) is 8.44. The normalized spacial score (nSPS) is 11.7. The molecule has 6 heteroatoms. The van der Waals surface area contributed by atoms with E-state index in [9.17, 15) is 8.42 Å². The number of benzene rings is 2. The fraction of sp³-hybridized carbons (Fsp3) is 0.368. The third-order valence-corrected chi connectivity index (χ3v) is 5.14. The minimum atomic E-state index is -3.34. The van der Waals surface area contributed by atoms with Gasteiger partial charge >= 0.3 is 0 Å². The molecule has 2 aromatic rings.